The number of nitrogens with zero attached hydrogens (tertiary/aromatic N) is 3. The molecule has 0 aliphatic carbocycles. The van der Waals surface area contributed by atoms with Gasteiger partial charge in [0.25, 0.3) is 0 Å². The van der Waals surface area contributed by atoms with Crippen LogP contribution in [0.25, 0.3) is 0 Å². The van der Waals surface area contributed by atoms with Crippen LogP contribution in [0.4, 0.5) is 0 Å². The number of piperidine rings is 1. The monoisotopic (exact) mass is 355 g/mol. The largest absolute Gasteiger partial charge is 0.342 e. The minimum absolute atomic E-state index is 0.124. The second-order valence-corrected chi connectivity index (χ2v) is 7.88. The molecule has 26 heavy (non-hydrogen) atoms. The predicted molar refractivity (Wildman–Crippen MR) is 101 cm³/mol. The molecule has 1 atom stereocenters. The Labute approximate surface area is 155 Å². The number of fused-ring (bicyclic) bond motifs is 1. The second-order valence-electron chi connectivity index (χ2n) is 7.88. The van der Waals surface area contributed by atoms with Gasteiger partial charge in [-0.2, -0.15) is 0 Å². The van der Waals surface area contributed by atoms with Gasteiger partial charge >= 0.3 is 0 Å². The quantitative estimate of drug-likeness (QED) is 0.832. The molecule has 2 amide bonds. The van der Waals surface area contributed by atoms with Gasteiger partial charge in [0, 0.05) is 51.7 Å². The van der Waals surface area contributed by atoms with Crippen LogP contribution >= 0.6 is 0 Å². The molecule has 0 radical (unpaired) electrons. The molecular weight excluding hydrogens is 326 g/mol. The van der Waals surface area contributed by atoms with Crippen molar-refractivity contribution in [3.63, 3.8) is 0 Å². The fourth-order valence-corrected chi connectivity index (χ4v) is 4.78. The summed E-state index contributed by atoms with van der Waals surface area (Å²) in [6, 6.07) is 9.33. The fourth-order valence-electron chi connectivity index (χ4n) is 4.78. The van der Waals surface area contributed by atoms with Gasteiger partial charge in [-0.25, -0.2) is 0 Å². The van der Waals surface area contributed by atoms with E-state index in [2.05, 4.69) is 29.2 Å². The van der Waals surface area contributed by atoms with E-state index in [-0.39, 0.29) is 17.7 Å². The summed E-state index contributed by atoms with van der Waals surface area (Å²) < 4.78 is 0. The number of amides is 2. The number of hydrogen-bond donors (Lipinski definition) is 0. The van der Waals surface area contributed by atoms with Crippen molar-refractivity contribution in [2.24, 2.45) is 5.92 Å². The summed E-state index contributed by atoms with van der Waals surface area (Å²) in [6.07, 6.45) is 3.62. The minimum Gasteiger partial charge on any atom is -0.342 e. The molecule has 0 N–H and O–H groups in total. The van der Waals surface area contributed by atoms with E-state index in [0.29, 0.717) is 25.6 Å². The number of benzene rings is 1. The van der Waals surface area contributed by atoms with E-state index in [1.807, 2.05) is 11.8 Å². The van der Waals surface area contributed by atoms with Gasteiger partial charge in [-0.05, 0) is 37.3 Å². The third kappa shape index (κ3) is 3.37. The predicted octanol–water partition coefficient (Wildman–Crippen LogP) is 1.90. The number of carbonyl (C=O) groups is 2. The first-order valence-electron chi connectivity index (χ1n) is 10.0. The molecule has 0 saturated carbocycles. The van der Waals surface area contributed by atoms with Crippen LogP contribution in [0.15, 0.2) is 24.3 Å². The van der Waals surface area contributed by atoms with Gasteiger partial charge in [-0.1, -0.05) is 24.3 Å². The van der Waals surface area contributed by atoms with Crippen molar-refractivity contribution in [3.8, 4) is 0 Å². The summed E-state index contributed by atoms with van der Waals surface area (Å²) in [5, 5.41) is 0. The molecule has 0 bridgehead atoms. The van der Waals surface area contributed by atoms with Gasteiger partial charge in [0.1, 0.15) is 0 Å². The molecule has 5 heteroatoms. The Bertz CT molecular complexity index is 682. The van der Waals surface area contributed by atoms with Crippen molar-refractivity contribution < 1.29 is 9.59 Å². The Morgan fingerprint density at radius 2 is 1.85 bits per heavy atom. The third-order valence-electron chi connectivity index (χ3n) is 6.40. The molecule has 3 aliphatic rings. The maximum Gasteiger partial charge on any atom is 0.227 e. The zero-order chi connectivity index (χ0) is 18.1. The maximum absolute atomic E-state index is 12.8. The molecule has 4 rings (SSSR count). The molecule has 2 fully saturated rings. The van der Waals surface area contributed by atoms with Gasteiger partial charge in [0.05, 0.1) is 5.92 Å². The van der Waals surface area contributed by atoms with Crippen LogP contribution in [0.3, 0.4) is 0 Å². The Hall–Kier alpha value is -1.88. The molecule has 1 aromatic rings. The standard InChI is InChI=1S/C21H29N3O2/c1-2-22-15-18(13-20(22)25)21(26)23-11-8-19(9-12-23)24-10-7-16-5-3-4-6-17(16)14-24/h3-6,18-19H,2,7-15H2,1H3. The van der Waals surface area contributed by atoms with Crippen LogP contribution in [-0.4, -0.2) is 65.3 Å². The van der Waals surface area contributed by atoms with Crippen molar-refractivity contribution in [1.82, 2.24) is 14.7 Å². The highest BCUT2D eigenvalue weighted by Gasteiger charge is 2.37. The van der Waals surface area contributed by atoms with E-state index in [0.717, 1.165) is 45.4 Å². The molecule has 1 unspecified atom stereocenters. The zero-order valence-electron chi connectivity index (χ0n) is 15.7. The third-order valence-corrected chi connectivity index (χ3v) is 6.40. The molecule has 3 heterocycles. The van der Waals surface area contributed by atoms with Crippen LogP contribution in [0.5, 0.6) is 0 Å². The lowest BCUT2D eigenvalue weighted by Crippen LogP contribution is -2.49. The Balaban J connectivity index is 1.31. The van der Waals surface area contributed by atoms with Crippen molar-refractivity contribution in [2.45, 2.75) is 45.2 Å². The number of rotatable bonds is 3. The van der Waals surface area contributed by atoms with Gasteiger partial charge in [0.2, 0.25) is 11.8 Å². The highest BCUT2D eigenvalue weighted by Crippen LogP contribution is 2.27. The second kappa shape index (κ2) is 7.39. The molecule has 2 saturated heterocycles. The Morgan fingerprint density at radius 1 is 1.12 bits per heavy atom. The summed E-state index contributed by atoms with van der Waals surface area (Å²) in [5.41, 5.74) is 2.95. The lowest BCUT2D eigenvalue weighted by molar-refractivity contribution is -0.137. The van der Waals surface area contributed by atoms with E-state index in [4.69, 9.17) is 0 Å². The van der Waals surface area contributed by atoms with Crippen LogP contribution < -0.4 is 0 Å². The number of hydrogen-bond acceptors (Lipinski definition) is 3. The molecule has 1 aromatic carbocycles. The topological polar surface area (TPSA) is 43.9 Å². The van der Waals surface area contributed by atoms with Gasteiger partial charge < -0.3 is 9.80 Å². The molecule has 5 nitrogen and oxygen atoms in total. The average Bonchev–Trinajstić information content (AvgIpc) is 3.08. The first-order valence-corrected chi connectivity index (χ1v) is 10.0. The number of likely N-dealkylation sites (tertiary alicyclic amines) is 2. The van der Waals surface area contributed by atoms with Crippen LogP contribution in [0, 0.1) is 5.92 Å². The summed E-state index contributed by atoms with van der Waals surface area (Å²) >= 11 is 0. The molecular formula is C21H29N3O2. The highest BCUT2D eigenvalue weighted by atomic mass is 16.2. The van der Waals surface area contributed by atoms with E-state index in [9.17, 15) is 9.59 Å². The van der Waals surface area contributed by atoms with E-state index in [1.54, 1.807) is 4.90 Å². The Morgan fingerprint density at radius 3 is 2.54 bits per heavy atom. The first-order chi connectivity index (χ1) is 12.7. The molecule has 3 aliphatic heterocycles. The van der Waals surface area contributed by atoms with Gasteiger partial charge in [-0.15, -0.1) is 0 Å². The fraction of sp³-hybridized carbons (Fsp3) is 0.619. The summed E-state index contributed by atoms with van der Waals surface area (Å²) in [4.78, 5) is 31.1. The smallest absolute Gasteiger partial charge is 0.227 e. The Kier molecular flexibility index (Phi) is 4.98. The maximum atomic E-state index is 12.8. The molecule has 140 valence electrons. The number of carbonyl (C=O) groups excluding carboxylic acids is 2. The van der Waals surface area contributed by atoms with Gasteiger partial charge in [0.15, 0.2) is 0 Å². The average molecular weight is 355 g/mol. The molecule has 0 aromatic heterocycles. The van der Waals surface area contributed by atoms with E-state index in [1.165, 1.54) is 11.1 Å². The van der Waals surface area contributed by atoms with Crippen molar-refractivity contribution in [2.75, 3.05) is 32.7 Å². The first kappa shape index (κ1) is 17.5. The minimum atomic E-state index is -0.124. The SMILES string of the molecule is CCN1CC(C(=O)N2CCC(N3CCc4ccccc4C3)CC2)CC1=O. The van der Waals surface area contributed by atoms with Crippen LogP contribution in [0.1, 0.15) is 37.3 Å². The van der Waals surface area contributed by atoms with E-state index >= 15 is 0 Å². The van der Waals surface area contributed by atoms with Crippen molar-refractivity contribution >= 4 is 11.8 Å². The normalized spacial score (nSPS) is 24.8. The van der Waals surface area contributed by atoms with Crippen molar-refractivity contribution in [1.29, 1.82) is 0 Å². The van der Waals surface area contributed by atoms with Crippen molar-refractivity contribution in [3.05, 3.63) is 35.4 Å². The van der Waals surface area contributed by atoms with Gasteiger partial charge in [-0.3, -0.25) is 14.5 Å². The zero-order valence-corrected chi connectivity index (χ0v) is 15.7. The molecule has 0 spiro atoms. The summed E-state index contributed by atoms with van der Waals surface area (Å²) in [7, 11) is 0. The summed E-state index contributed by atoms with van der Waals surface area (Å²) in [6.45, 7) is 7.12. The lowest BCUT2D eigenvalue weighted by Gasteiger charge is -2.41. The van der Waals surface area contributed by atoms with E-state index < -0.39 is 0 Å². The lowest BCUT2D eigenvalue weighted by atomic mass is 9.95. The van der Waals surface area contributed by atoms with Crippen LogP contribution in [-0.2, 0) is 22.6 Å². The highest BCUT2D eigenvalue weighted by molar-refractivity contribution is 5.89. The van der Waals surface area contributed by atoms with Crippen LogP contribution in [0.2, 0.25) is 0 Å². The summed E-state index contributed by atoms with van der Waals surface area (Å²) in [5.74, 6) is 0.199.